The Morgan fingerprint density at radius 1 is 1.16 bits per heavy atom. The van der Waals surface area contributed by atoms with Crippen molar-refractivity contribution < 1.29 is 0 Å². The minimum atomic E-state index is 0.533. The van der Waals surface area contributed by atoms with Gasteiger partial charge in [0, 0.05) is 16.5 Å². The fraction of sp³-hybridized carbons (Fsp3) is 0.0625. The summed E-state index contributed by atoms with van der Waals surface area (Å²) in [6.07, 6.45) is 7.25. The van der Waals surface area contributed by atoms with E-state index in [0.717, 1.165) is 22.5 Å². The first-order valence-corrected chi connectivity index (χ1v) is 6.91. The first-order chi connectivity index (χ1) is 9.40. The molecule has 3 heteroatoms. The SMILES string of the molecule is C#CCn1cnc(-c2ccccc2)c1-c1ccsc1. The van der Waals surface area contributed by atoms with E-state index in [9.17, 15) is 0 Å². The van der Waals surface area contributed by atoms with E-state index < -0.39 is 0 Å². The number of imidazole rings is 1. The number of benzene rings is 1. The quantitative estimate of drug-likeness (QED) is 0.656. The molecule has 0 saturated heterocycles. The second-order valence-corrected chi connectivity index (χ2v) is 4.93. The van der Waals surface area contributed by atoms with Gasteiger partial charge in [0.25, 0.3) is 0 Å². The Balaban J connectivity index is 2.19. The second-order valence-electron chi connectivity index (χ2n) is 4.15. The smallest absolute Gasteiger partial charge is 0.0967 e. The molecule has 3 aromatic rings. The number of thiophene rings is 1. The Morgan fingerprint density at radius 3 is 2.68 bits per heavy atom. The molecule has 0 N–H and O–H groups in total. The number of terminal acetylenes is 1. The van der Waals surface area contributed by atoms with Gasteiger partial charge in [0.05, 0.1) is 24.3 Å². The highest BCUT2D eigenvalue weighted by Crippen LogP contribution is 2.32. The summed E-state index contributed by atoms with van der Waals surface area (Å²) < 4.78 is 2.02. The fourth-order valence-electron chi connectivity index (χ4n) is 2.11. The van der Waals surface area contributed by atoms with Crippen LogP contribution in [0.4, 0.5) is 0 Å². The zero-order valence-electron chi connectivity index (χ0n) is 10.3. The molecule has 3 rings (SSSR count). The van der Waals surface area contributed by atoms with Crippen LogP contribution in [0.1, 0.15) is 0 Å². The monoisotopic (exact) mass is 264 g/mol. The van der Waals surface area contributed by atoms with E-state index in [0.29, 0.717) is 6.54 Å². The van der Waals surface area contributed by atoms with Crippen molar-refractivity contribution in [2.45, 2.75) is 6.54 Å². The van der Waals surface area contributed by atoms with Crippen molar-refractivity contribution in [3.63, 3.8) is 0 Å². The summed E-state index contributed by atoms with van der Waals surface area (Å²) in [6, 6.07) is 12.3. The Labute approximate surface area is 116 Å². The van der Waals surface area contributed by atoms with Gasteiger partial charge < -0.3 is 4.57 Å². The van der Waals surface area contributed by atoms with Gasteiger partial charge in [0.1, 0.15) is 0 Å². The van der Waals surface area contributed by atoms with Crippen LogP contribution >= 0.6 is 11.3 Å². The first kappa shape index (κ1) is 11.8. The van der Waals surface area contributed by atoms with E-state index in [1.54, 1.807) is 11.3 Å². The van der Waals surface area contributed by atoms with Crippen molar-refractivity contribution in [2.75, 3.05) is 0 Å². The van der Waals surface area contributed by atoms with Gasteiger partial charge in [-0.3, -0.25) is 0 Å². The lowest BCUT2D eigenvalue weighted by Gasteiger charge is -2.06. The van der Waals surface area contributed by atoms with Crippen LogP contribution in [0.3, 0.4) is 0 Å². The molecule has 0 unspecified atom stereocenters. The minimum Gasteiger partial charge on any atom is -0.318 e. The van der Waals surface area contributed by atoms with E-state index >= 15 is 0 Å². The molecular formula is C16H12N2S. The van der Waals surface area contributed by atoms with Gasteiger partial charge in [0.15, 0.2) is 0 Å². The molecule has 0 spiro atoms. The molecule has 0 radical (unpaired) electrons. The van der Waals surface area contributed by atoms with Gasteiger partial charge in [-0.2, -0.15) is 11.3 Å². The molecule has 2 nitrogen and oxygen atoms in total. The minimum absolute atomic E-state index is 0.533. The zero-order valence-corrected chi connectivity index (χ0v) is 11.1. The molecule has 92 valence electrons. The van der Waals surface area contributed by atoms with Crippen LogP contribution in [0, 0.1) is 12.3 Å². The third-order valence-corrected chi connectivity index (χ3v) is 3.62. The largest absolute Gasteiger partial charge is 0.318 e. The van der Waals surface area contributed by atoms with E-state index in [1.807, 2.05) is 29.1 Å². The van der Waals surface area contributed by atoms with Crippen LogP contribution in [0.25, 0.3) is 22.5 Å². The molecular weight excluding hydrogens is 252 g/mol. The van der Waals surface area contributed by atoms with Gasteiger partial charge in [-0.15, -0.1) is 6.42 Å². The molecule has 0 aliphatic rings. The summed E-state index contributed by atoms with van der Waals surface area (Å²) in [7, 11) is 0. The van der Waals surface area contributed by atoms with Crippen LogP contribution in [-0.2, 0) is 6.54 Å². The van der Waals surface area contributed by atoms with Crippen molar-refractivity contribution in [1.82, 2.24) is 9.55 Å². The molecule has 1 aromatic carbocycles. The van der Waals surface area contributed by atoms with Gasteiger partial charge >= 0.3 is 0 Å². The molecule has 0 aliphatic heterocycles. The van der Waals surface area contributed by atoms with E-state index in [4.69, 9.17) is 6.42 Å². The predicted octanol–water partition coefficient (Wildman–Crippen LogP) is 3.91. The van der Waals surface area contributed by atoms with Crippen LogP contribution in [0.2, 0.25) is 0 Å². The van der Waals surface area contributed by atoms with E-state index in [2.05, 4.69) is 39.9 Å². The number of nitrogens with zero attached hydrogens (tertiary/aromatic N) is 2. The summed E-state index contributed by atoms with van der Waals surface area (Å²) in [5, 5.41) is 4.19. The molecule has 0 saturated carbocycles. The van der Waals surface area contributed by atoms with Crippen LogP contribution in [-0.4, -0.2) is 9.55 Å². The Bertz CT molecular complexity index is 703. The predicted molar refractivity (Wildman–Crippen MR) is 79.8 cm³/mol. The third kappa shape index (κ3) is 2.18. The number of hydrogen-bond acceptors (Lipinski definition) is 2. The maximum Gasteiger partial charge on any atom is 0.0967 e. The van der Waals surface area contributed by atoms with Crippen LogP contribution in [0.5, 0.6) is 0 Å². The van der Waals surface area contributed by atoms with Gasteiger partial charge in [-0.25, -0.2) is 4.98 Å². The number of hydrogen-bond donors (Lipinski definition) is 0. The highest BCUT2D eigenvalue weighted by Gasteiger charge is 2.14. The summed E-state index contributed by atoms with van der Waals surface area (Å²) in [5.41, 5.74) is 4.34. The lowest BCUT2D eigenvalue weighted by molar-refractivity contribution is 0.849. The number of aromatic nitrogens is 2. The fourth-order valence-corrected chi connectivity index (χ4v) is 2.75. The molecule has 19 heavy (non-hydrogen) atoms. The standard InChI is InChI=1S/C16H12N2S/c1-2-9-18-12-17-15(13-6-4-3-5-7-13)16(18)14-8-10-19-11-14/h1,3-8,10-12H,9H2. The average molecular weight is 264 g/mol. The van der Waals surface area contributed by atoms with E-state index in [1.165, 1.54) is 0 Å². The molecule has 2 heterocycles. The van der Waals surface area contributed by atoms with Crippen molar-refractivity contribution in [3.8, 4) is 34.9 Å². The summed E-state index contributed by atoms with van der Waals surface area (Å²) in [6.45, 7) is 0.533. The Morgan fingerprint density at radius 2 is 2.00 bits per heavy atom. The first-order valence-electron chi connectivity index (χ1n) is 5.96. The lowest BCUT2D eigenvalue weighted by Crippen LogP contribution is -1.96. The highest BCUT2D eigenvalue weighted by atomic mass is 32.1. The van der Waals surface area contributed by atoms with Crippen molar-refractivity contribution in [3.05, 3.63) is 53.5 Å². The maximum atomic E-state index is 5.43. The van der Waals surface area contributed by atoms with Crippen molar-refractivity contribution in [2.24, 2.45) is 0 Å². The van der Waals surface area contributed by atoms with Gasteiger partial charge in [-0.1, -0.05) is 36.3 Å². The van der Waals surface area contributed by atoms with Crippen LogP contribution in [0.15, 0.2) is 53.5 Å². The van der Waals surface area contributed by atoms with Gasteiger partial charge in [-0.05, 0) is 11.4 Å². The van der Waals surface area contributed by atoms with Crippen molar-refractivity contribution >= 4 is 11.3 Å². The third-order valence-electron chi connectivity index (χ3n) is 2.94. The molecule has 0 fully saturated rings. The zero-order chi connectivity index (χ0) is 13.1. The van der Waals surface area contributed by atoms with Crippen LogP contribution < -0.4 is 0 Å². The molecule has 0 amide bonds. The number of rotatable bonds is 3. The lowest BCUT2D eigenvalue weighted by atomic mass is 10.1. The Hall–Kier alpha value is -2.31. The average Bonchev–Trinajstić information content (AvgIpc) is 3.08. The molecule has 0 atom stereocenters. The molecule has 2 aromatic heterocycles. The summed E-state index contributed by atoms with van der Waals surface area (Å²) in [5.74, 6) is 2.68. The second kappa shape index (κ2) is 5.13. The molecule has 0 aliphatic carbocycles. The normalized spacial score (nSPS) is 10.3. The maximum absolute atomic E-state index is 5.43. The molecule has 0 bridgehead atoms. The topological polar surface area (TPSA) is 17.8 Å². The van der Waals surface area contributed by atoms with Crippen molar-refractivity contribution in [1.29, 1.82) is 0 Å². The van der Waals surface area contributed by atoms with Gasteiger partial charge in [0.2, 0.25) is 0 Å². The van der Waals surface area contributed by atoms with E-state index in [-0.39, 0.29) is 0 Å². The highest BCUT2D eigenvalue weighted by molar-refractivity contribution is 7.08. The Kier molecular flexibility index (Phi) is 3.18. The summed E-state index contributed by atoms with van der Waals surface area (Å²) in [4.78, 5) is 4.53. The summed E-state index contributed by atoms with van der Waals surface area (Å²) >= 11 is 1.68.